The largest absolute Gasteiger partial charge is 0.507 e. The van der Waals surface area contributed by atoms with Crippen molar-refractivity contribution in [1.82, 2.24) is 0 Å². The molecular weight excluding hydrogens is 254 g/mol. The topological polar surface area (TPSA) is 70.3 Å². The van der Waals surface area contributed by atoms with Crippen LogP contribution in [-0.2, 0) is 4.79 Å². The van der Waals surface area contributed by atoms with Gasteiger partial charge in [-0.2, -0.15) is 5.26 Å². The molecule has 0 fully saturated rings. The van der Waals surface area contributed by atoms with Crippen molar-refractivity contribution >= 4 is 12.0 Å². The van der Waals surface area contributed by atoms with E-state index in [1.54, 1.807) is 42.5 Å². The zero-order valence-electron chi connectivity index (χ0n) is 10.5. The van der Waals surface area contributed by atoms with Gasteiger partial charge in [0.25, 0.3) is 0 Å². The number of hydrogen-bond acceptors (Lipinski definition) is 4. The Bertz CT molecular complexity index is 682. The molecule has 98 valence electrons. The number of phenols is 1. The number of benzene rings is 2. The summed E-state index contributed by atoms with van der Waals surface area (Å²) in [5.74, 6) is -0.108. The monoisotopic (exact) mass is 265 g/mol. The second kappa shape index (κ2) is 6.21. The van der Waals surface area contributed by atoms with E-state index in [9.17, 15) is 9.90 Å². The van der Waals surface area contributed by atoms with Crippen LogP contribution in [0.3, 0.4) is 0 Å². The maximum Gasteiger partial charge on any atom is 0.336 e. The normalized spacial score (nSPS) is 10.2. The van der Waals surface area contributed by atoms with Gasteiger partial charge in [-0.1, -0.05) is 18.2 Å². The molecule has 0 aliphatic carbocycles. The van der Waals surface area contributed by atoms with Crippen LogP contribution in [0.2, 0.25) is 0 Å². The van der Waals surface area contributed by atoms with Gasteiger partial charge in [-0.25, -0.2) is 4.79 Å². The number of rotatable bonds is 3. The highest BCUT2D eigenvalue weighted by Crippen LogP contribution is 2.17. The zero-order chi connectivity index (χ0) is 14.4. The van der Waals surface area contributed by atoms with E-state index in [1.807, 2.05) is 6.07 Å². The lowest BCUT2D eigenvalue weighted by Gasteiger charge is -2.01. The second-order valence-electron chi connectivity index (χ2n) is 3.95. The van der Waals surface area contributed by atoms with Crippen LogP contribution in [0.4, 0.5) is 0 Å². The van der Waals surface area contributed by atoms with Crippen LogP contribution in [0.15, 0.2) is 54.6 Å². The van der Waals surface area contributed by atoms with Gasteiger partial charge in [0.05, 0.1) is 11.6 Å². The highest BCUT2D eigenvalue weighted by atomic mass is 16.5. The summed E-state index contributed by atoms with van der Waals surface area (Å²) in [6, 6.07) is 14.9. The first-order valence-corrected chi connectivity index (χ1v) is 5.87. The van der Waals surface area contributed by atoms with Gasteiger partial charge in [-0.3, -0.25) is 0 Å². The summed E-state index contributed by atoms with van der Waals surface area (Å²) in [6.07, 6.45) is 2.70. The van der Waals surface area contributed by atoms with Crippen molar-refractivity contribution in [1.29, 1.82) is 5.26 Å². The molecule has 2 aromatic carbocycles. The van der Waals surface area contributed by atoms with Gasteiger partial charge >= 0.3 is 5.97 Å². The molecule has 0 radical (unpaired) electrons. The average molecular weight is 265 g/mol. The van der Waals surface area contributed by atoms with E-state index in [2.05, 4.69) is 0 Å². The van der Waals surface area contributed by atoms with Crippen LogP contribution in [-0.4, -0.2) is 11.1 Å². The molecule has 0 atom stereocenters. The van der Waals surface area contributed by atoms with Gasteiger partial charge in [-0.15, -0.1) is 0 Å². The Morgan fingerprint density at radius 1 is 1.15 bits per heavy atom. The van der Waals surface area contributed by atoms with Crippen LogP contribution < -0.4 is 4.74 Å². The van der Waals surface area contributed by atoms with Gasteiger partial charge in [0.1, 0.15) is 11.5 Å². The SMILES string of the molecule is N#Cc1ccc(OC(=O)/C=C/c2ccccc2O)cc1. The highest BCUT2D eigenvalue weighted by molar-refractivity contribution is 5.89. The molecule has 4 heteroatoms. The molecule has 0 spiro atoms. The van der Waals surface area contributed by atoms with Crippen molar-refractivity contribution < 1.29 is 14.6 Å². The number of carbonyl (C=O) groups excluding carboxylic acids is 1. The first-order chi connectivity index (χ1) is 9.69. The van der Waals surface area contributed by atoms with Crippen LogP contribution in [0, 0.1) is 11.3 Å². The summed E-state index contributed by atoms with van der Waals surface area (Å²) in [6.45, 7) is 0. The number of nitrogens with zero attached hydrogens (tertiary/aromatic N) is 1. The number of carbonyl (C=O) groups is 1. The fraction of sp³-hybridized carbons (Fsp3) is 0. The minimum Gasteiger partial charge on any atom is -0.507 e. The maximum atomic E-state index is 11.6. The lowest BCUT2D eigenvalue weighted by molar-refractivity contribution is -0.128. The Morgan fingerprint density at radius 3 is 2.50 bits per heavy atom. The molecular formula is C16H11NO3. The third kappa shape index (κ3) is 3.47. The molecule has 0 amide bonds. The van der Waals surface area contributed by atoms with Gasteiger partial charge in [0.15, 0.2) is 0 Å². The summed E-state index contributed by atoms with van der Waals surface area (Å²) >= 11 is 0. The average Bonchev–Trinajstić information content (AvgIpc) is 2.47. The standard InChI is InChI=1S/C16H11NO3/c17-11-12-5-8-14(9-6-12)20-16(19)10-7-13-3-1-2-4-15(13)18/h1-10,18H/b10-7+. The molecule has 2 aromatic rings. The van der Waals surface area contributed by atoms with Gasteiger partial charge in [-0.05, 0) is 36.4 Å². The van der Waals surface area contributed by atoms with Crippen molar-refractivity contribution in [2.24, 2.45) is 0 Å². The molecule has 0 saturated heterocycles. The smallest absolute Gasteiger partial charge is 0.336 e. The molecule has 0 heterocycles. The number of hydrogen-bond donors (Lipinski definition) is 1. The van der Waals surface area contributed by atoms with Crippen LogP contribution in [0.1, 0.15) is 11.1 Å². The molecule has 0 aromatic heterocycles. The van der Waals surface area contributed by atoms with Crippen LogP contribution >= 0.6 is 0 Å². The molecule has 4 nitrogen and oxygen atoms in total. The lowest BCUT2D eigenvalue weighted by Crippen LogP contribution is -2.03. The Hall–Kier alpha value is -3.06. The molecule has 0 aliphatic rings. The summed E-state index contributed by atoms with van der Waals surface area (Å²) in [4.78, 5) is 11.6. The fourth-order valence-corrected chi connectivity index (χ4v) is 1.53. The summed E-state index contributed by atoms with van der Waals surface area (Å²) < 4.78 is 5.06. The summed E-state index contributed by atoms with van der Waals surface area (Å²) in [5.41, 5.74) is 1.03. The second-order valence-corrected chi connectivity index (χ2v) is 3.95. The van der Waals surface area contributed by atoms with Crippen molar-refractivity contribution in [3.05, 3.63) is 65.7 Å². The minimum atomic E-state index is -0.557. The molecule has 2 rings (SSSR count). The van der Waals surface area contributed by atoms with E-state index in [0.717, 1.165) is 0 Å². The van der Waals surface area contributed by atoms with Crippen molar-refractivity contribution in [2.75, 3.05) is 0 Å². The molecule has 20 heavy (non-hydrogen) atoms. The molecule has 0 aliphatic heterocycles. The van der Waals surface area contributed by atoms with E-state index < -0.39 is 5.97 Å². The lowest BCUT2D eigenvalue weighted by atomic mass is 10.2. The molecule has 0 saturated carbocycles. The van der Waals surface area contributed by atoms with Crippen molar-refractivity contribution in [3.63, 3.8) is 0 Å². The van der Waals surface area contributed by atoms with Crippen LogP contribution in [0.25, 0.3) is 6.08 Å². The van der Waals surface area contributed by atoms with E-state index in [1.165, 1.54) is 18.2 Å². The first kappa shape index (κ1) is 13.4. The van der Waals surface area contributed by atoms with Crippen molar-refractivity contribution in [2.45, 2.75) is 0 Å². The minimum absolute atomic E-state index is 0.0925. The number of nitriles is 1. The number of aromatic hydroxyl groups is 1. The predicted molar refractivity (Wildman–Crippen MR) is 73.9 cm³/mol. The van der Waals surface area contributed by atoms with E-state index >= 15 is 0 Å². The van der Waals surface area contributed by atoms with Crippen LogP contribution in [0.5, 0.6) is 11.5 Å². The Balaban J connectivity index is 2.02. The molecule has 1 N–H and O–H groups in total. The molecule has 0 unspecified atom stereocenters. The van der Waals surface area contributed by atoms with E-state index in [4.69, 9.17) is 10.00 Å². The predicted octanol–water partition coefficient (Wildman–Crippen LogP) is 2.88. The number of phenolic OH excluding ortho intramolecular Hbond substituents is 1. The summed E-state index contributed by atoms with van der Waals surface area (Å²) in [7, 11) is 0. The fourth-order valence-electron chi connectivity index (χ4n) is 1.53. The van der Waals surface area contributed by atoms with Gasteiger partial charge in [0.2, 0.25) is 0 Å². The van der Waals surface area contributed by atoms with Gasteiger partial charge < -0.3 is 9.84 Å². The Labute approximate surface area is 116 Å². The quantitative estimate of drug-likeness (QED) is 0.526. The Kier molecular flexibility index (Phi) is 4.15. The number of esters is 1. The number of para-hydroxylation sites is 1. The maximum absolute atomic E-state index is 11.6. The third-order valence-corrected chi connectivity index (χ3v) is 2.54. The number of ether oxygens (including phenoxy) is 1. The highest BCUT2D eigenvalue weighted by Gasteiger charge is 2.01. The zero-order valence-corrected chi connectivity index (χ0v) is 10.5. The third-order valence-electron chi connectivity index (χ3n) is 2.54. The van der Waals surface area contributed by atoms with E-state index in [0.29, 0.717) is 16.9 Å². The van der Waals surface area contributed by atoms with Gasteiger partial charge in [0, 0.05) is 11.6 Å². The first-order valence-electron chi connectivity index (χ1n) is 5.87. The Morgan fingerprint density at radius 2 is 1.85 bits per heavy atom. The van der Waals surface area contributed by atoms with E-state index in [-0.39, 0.29) is 5.75 Å². The summed E-state index contributed by atoms with van der Waals surface area (Å²) in [5, 5.41) is 18.2. The van der Waals surface area contributed by atoms with Crippen molar-refractivity contribution in [3.8, 4) is 17.6 Å². The molecule has 0 bridgehead atoms.